The molecule has 0 aliphatic rings. The van der Waals surface area contributed by atoms with Gasteiger partial charge in [0.2, 0.25) is 0 Å². The van der Waals surface area contributed by atoms with E-state index in [9.17, 15) is 4.39 Å². The minimum Gasteiger partial charge on any atom is -0.397 e. The lowest BCUT2D eigenvalue weighted by Crippen LogP contribution is -2.01. The summed E-state index contributed by atoms with van der Waals surface area (Å²) in [5, 5.41) is 12.0. The maximum atomic E-state index is 13.3. The predicted octanol–water partition coefficient (Wildman–Crippen LogP) is 2.93. The van der Waals surface area contributed by atoms with Gasteiger partial charge in [-0.05, 0) is 31.6 Å². The van der Waals surface area contributed by atoms with Crippen molar-refractivity contribution >= 4 is 5.69 Å². The Labute approximate surface area is 111 Å². The van der Waals surface area contributed by atoms with Gasteiger partial charge in [-0.2, -0.15) is 5.26 Å². The number of nitriles is 1. The summed E-state index contributed by atoms with van der Waals surface area (Å²) in [6.07, 6.45) is 4.38. The van der Waals surface area contributed by atoms with Crippen molar-refractivity contribution in [2.24, 2.45) is 5.73 Å². The number of aromatic nitrogens is 1. The number of nitrogens with zero attached hydrogens (tertiary/aromatic N) is 2. The van der Waals surface area contributed by atoms with Gasteiger partial charge in [-0.1, -0.05) is 6.58 Å². The zero-order chi connectivity index (χ0) is 14.4. The van der Waals surface area contributed by atoms with Gasteiger partial charge in [-0.3, -0.25) is 4.98 Å². The Morgan fingerprint density at radius 1 is 1.58 bits per heavy atom. The van der Waals surface area contributed by atoms with E-state index in [-0.39, 0.29) is 11.3 Å². The van der Waals surface area contributed by atoms with Gasteiger partial charge in [0.05, 0.1) is 23.2 Å². The van der Waals surface area contributed by atoms with E-state index in [0.717, 1.165) is 17.3 Å². The molecule has 3 N–H and O–H groups in total. The summed E-state index contributed by atoms with van der Waals surface area (Å²) in [5.74, 6) is -0.722. The summed E-state index contributed by atoms with van der Waals surface area (Å²) >= 11 is 0. The van der Waals surface area contributed by atoms with Crippen LogP contribution in [0.4, 0.5) is 10.1 Å². The number of pyridine rings is 1. The Hall–Kier alpha value is -2.61. The first-order valence-corrected chi connectivity index (χ1v) is 5.55. The van der Waals surface area contributed by atoms with Crippen molar-refractivity contribution in [3.63, 3.8) is 0 Å². The molecule has 0 aliphatic heterocycles. The highest BCUT2D eigenvalue weighted by Crippen LogP contribution is 2.15. The van der Waals surface area contributed by atoms with Crippen LogP contribution in [0.1, 0.15) is 12.5 Å². The van der Waals surface area contributed by atoms with Crippen LogP contribution in [0, 0.1) is 18.3 Å². The van der Waals surface area contributed by atoms with Gasteiger partial charge in [0.1, 0.15) is 11.9 Å². The van der Waals surface area contributed by atoms with E-state index in [0.29, 0.717) is 5.70 Å². The van der Waals surface area contributed by atoms with Gasteiger partial charge in [0.15, 0.2) is 0 Å². The third-order valence-electron chi connectivity index (χ3n) is 2.31. The van der Waals surface area contributed by atoms with Crippen LogP contribution in [0.3, 0.4) is 0 Å². The van der Waals surface area contributed by atoms with Gasteiger partial charge in [0.25, 0.3) is 0 Å². The predicted molar refractivity (Wildman–Crippen MR) is 73.4 cm³/mol. The van der Waals surface area contributed by atoms with Crippen molar-refractivity contribution in [2.45, 2.75) is 13.8 Å². The number of halogens is 1. The van der Waals surface area contributed by atoms with Crippen LogP contribution in [0.25, 0.3) is 0 Å². The van der Waals surface area contributed by atoms with Crippen LogP contribution in [0.15, 0.2) is 53.9 Å². The van der Waals surface area contributed by atoms with Crippen LogP contribution in [-0.2, 0) is 0 Å². The molecule has 1 aromatic heterocycles. The molecule has 5 heteroatoms. The highest BCUT2D eigenvalue weighted by atomic mass is 19.1. The van der Waals surface area contributed by atoms with E-state index in [2.05, 4.69) is 16.9 Å². The molecule has 1 aromatic rings. The molecule has 0 spiro atoms. The van der Waals surface area contributed by atoms with Crippen molar-refractivity contribution in [3.05, 3.63) is 59.5 Å². The molecule has 0 amide bonds. The Morgan fingerprint density at radius 2 is 2.26 bits per heavy atom. The van der Waals surface area contributed by atoms with Crippen LogP contribution in [-0.4, -0.2) is 4.98 Å². The van der Waals surface area contributed by atoms with Gasteiger partial charge in [0, 0.05) is 11.9 Å². The van der Waals surface area contributed by atoms with Crippen molar-refractivity contribution in [1.82, 2.24) is 4.98 Å². The summed E-state index contributed by atoms with van der Waals surface area (Å²) in [6, 6.07) is 3.77. The van der Waals surface area contributed by atoms with Crippen LogP contribution >= 0.6 is 0 Å². The Morgan fingerprint density at radius 3 is 2.79 bits per heavy atom. The zero-order valence-corrected chi connectivity index (χ0v) is 10.9. The maximum Gasteiger partial charge on any atom is 0.146 e. The molecule has 19 heavy (non-hydrogen) atoms. The lowest BCUT2D eigenvalue weighted by molar-refractivity contribution is 0.649. The molecule has 98 valence electrons. The van der Waals surface area contributed by atoms with E-state index >= 15 is 0 Å². The Kier molecular flexibility index (Phi) is 4.84. The molecule has 0 unspecified atom stereocenters. The average molecular weight is 258 g/mol. The largest absolute Gasteiger partial charge is 0.397 e. The zero-order valence-electron chi connectivity index (χ0n) is 10.9. The molecule has 0 aliphatic carbocycles. The summed E-state index contributed by atoms with van der Waals surface area (Å²) in [5.41, 5.74) is 7.36. The number of nitrogens with two attached hydrogens (primary N) is 1. The molecular formula is C14H15FN4. The third kappa shape index (κ3) is 4.28. The second-order valence-corrected chi connectivity index (χ2v) is 4.04. The van der Waals surface area contributed by atoms with Gasteiger partial charge >= 0.3 is 0 Å². The molecule has 1 rings (SSSR count). The SMILES string of the molecule is C=C(N)/C(F)=C\C(C#N)=C(/C)Nc1cncc(C)c1. The van der Waals surface area contributed by atoms with Gasteiger partial charge in [-0.25, -0.2) is 4.39 Å². The first-order chi connectivity index (χ1) is 8.93. The number of anilines is 1. The van der Waals surface area contributed by atoms with Crippen molar-refractivity contribution in [3.8, 4) is 6.07 Å². The number of aryl methyl sites for hydroxylation is 1. The first kappa shape index (κ1) is 14.5. The van der Waals surface area contributed by atoms with E-state index in [1.165, 1.54) is 0 Å². The maximum absolute atomic E-state index is 13.3. The Bertz CT molecular complexity index is 594. The second kappa shape index (κ2) is 6.36. The number of hydrogen-bond acceptors (Lipinski definition) is 4. The summed E-state index contributed by atoms with van der Waals surface area (Å²) < 4.78 is 13.3. The fraction of sp³-hybridized carbons (Fsp3) is 0.143. The average Bonchev–Trinajstić information content (AvgIpc) is 2.35. The molecule has 0 radical (unpaired) electrons. The number of hydrogen-bond donors (Lipinski definition) is 2. The topological polar surface area (TPSA) is 74.7 Å². The monoisotopic (exact) mass is 258 g/mol. The summed E-state index contributed by atoms with van der Waals surface area (Å²) in [7, 11) is 0. The molecule has 0 bridgehead atoms. The fourth-order valence-corrected chi connectivity index (χ4v) is 1.35. The number of allylic oxidation sites excluding steroid dienone is 4. The number of nitrogens with one attached hydrogen (secondary N) is 1. The smallest absolute Gasteiger partial charge is 0.146 e. The standard InChI is InChI=1S/C14H15FN4/c1-9-4-13(8-18-7-9)19-11(3)12(6-16)5-14(15)10(2)17/h4-5,7-8,19H,2,17H2,1,3H3/b12-11-,14-5+. The molecule has 0 fully saturated rings. The highest BCUT2D eigenvalue weighted by molar-refractivity contribution is 5.52. The quantitative estimate of drug-likeness (QED) is 0.643. The lowest BCUT2D eigenvalue weighted by Gasteiger charge is -2.08. The van der Waals surface area contributed by atoms with E-state index in [1.807, 2.05) is 19.1 Å². The lowest BCUT2D eigenvalue weighted by atomic mass is 10.2. The van der Waals surface area contributed by atoms with Crippen LogP contribution in [0.2, 0.25) is 0 Å². The summed E-state index contributed by atoms with van der Waals surface area (Å²) in [6.45, 7) is 6.84. The van der Waals surface area contributed by atoms with E-state index < -0.39 is 5.83 Å². The fourth-order valence-electron chi connectivity index (χ4n) is 1.35. The number of rotatable bonds is 4. The van der Waals surface area contributed by atoms with Gasteiger partial charge in [-0.15, -0.1) is 0 Å². The minimum atomic E-state index is -0.722. The second-order valence-electron chi connectivity index (χ2n) is 4.04. The molecule has 4 nitrogen and oxygen atoms in total. The Balaban J connectivity index is 3.04. The van der Waals surface area contributed by atoms with Crippen molar-refractivity contribution in [1.29, 1.82) is 5.26 Å². The molecule has 0 saturated heterocycles. The molecule has 0 aromatic carbocycles. The van der Waals surface area contributed by atoms with E-state index in [4.69, 9.17) is 11.0 Å². The molecule has 0 atom stereocenters. The van der Waals surface area contributed by atoms with Crippen LogP contribution in [0.5, 0.6) is 0 Å². The normalized spacial score (nSPS) is 12.4. The van der Waals surface area contributed by atoms with Gasteiger partial charge < -0.3 is 11.1 Å². The third-order valence-corrected chi connectivity index (χ3v) is 2.31. The highest BCUT2D eigenvalue weighted by Gasteiger charge is 2.04. The summed E-state index contributed by atoms with van der Waals surface area (Å²) in [4.78, 5) is 4.02. The molecule has 0 saturated carbocycles. The molecule has 1 heterocycles. The van der Waals surface area contributed by atoms with Crippen molar-refractivity contribution < 1.29 is 4.39 Å². The van der Waals surface area contributed by atoms with Crippen molar-refractivity contribution in [2.75, 3.05) is 5.32 Å². The van der Waals surface area contributed by atoms with E-state index in [1.54, 1.807) is 19.3 Å². The minimum absolute atomic E-state index is 0.144. The molecular weight excluding hydrogens is 243 g/mol. The van der Waals surface area contributed by atoms with Crippen LogP contribution < -0.4 is 11.1 Å². The first-order valence-electron chi connectivity index (χ1n) is 5.55.